The number of hydrogen-bond donors (Lipinski definition) is 0. The van der Waals surface area contributed by atoms with E-state index in [1.807, 2.05) is 0 Å². The quantitative estimate of drug-likeness (QED) is 0.202. The van der Waals surface area contributed by atoms with Crippen LogP contribution in [0.4, 0.5) is 0 Å². The van der Waals surface area contributed by atoms with E-state index in [1.165, 1.54) is 61.5 Å². The second-order valence-electron chi connectivity index (χ2n) is 12.8. The number of fused-ring (bicyclic) bond motifs is 12. The lowest BCUT2D eigenvalue weighted by Gasteiger charge is -2.37. The highest BCUT2D eigenvalue weighted by atomic mass is 14.9. The Kier molecular flexibility index (Phi) is 3.63. The Labute approximate surface area is 239 Å². The summed E-state index contributed by atoms with van der Waals surface area (Å²) in [6.45, 7) is 2.28. The molecule has 0 fully saturated rings. The molecule has 1 aromatic heterocycles. The Morgan fingerprint density at radius 1 is 0.561 bits per heavy atom. The smallest absolute Gasteiger partial charge is 0.0927 e. The van der Waals surface area contributed by atoms with Crippen LogP contribution in [0.2, 0.25) is 0 Å². The molecule has 0 bridgehead atoms. The largest absolute Gasteiger partial charge is 0.252 e. The third kappa shape index (κ3) is 2.40. The maximum absolute atomic E-state index is 5.69. The molecule has 6 aliphatic carbocycles. The average molecular weight is 523 g/mol. The molecule has 0 spiro atoms. The van der Waals surface area contributed by atoms with E-state index in [4.69, 9.17) is 9.97 Å². The number of allylic oxidation sites excluding steroid dienone is 4. The van der Waals surface area contributed by atoms with Crippen LogP contribution in [0.1, 0.15) is 84.9 Å². The third-order valence-electron chi connectivity index (χ3n) is 10.9. The Bertz CT molecular complexity index is 2160. The predicted molar refractivity (Wildman–Crippen MR) is 162 cm³/mol. The molecular formula is C39H26N2. The van der Waals surface area contributed by atoms with Crippen molar-refractivity contribution >= 4 is 11.1 Å². The van der Waals surface area contributed by atoms with Crippen molar-refractivity contribution in [3.8, 4) is 11.3 Å². The van der Waals surface area contributed by atoms with Gasteiger partial charge >= 0.3 is 0 Å². The van der Waals surface area contributed by atoms with E-state index >= 15 is 0 Å². The van der Waals surface area contributed by atoms with E-state index in [9.17, 15) is 0 Å². The molecule has 0 amide bonds. The molecule has 6 aliphatic rings. The fraction of sp³-hybridized carbons (Fsp3) is 0.179. The minimum Gasteiger partial charge on any atom is -0.252 e. The van der Waals surface area contributed by atoms with Gasteiger partial charge in [-0.15, -0.1) is 0 Å². The Morgan fingerprint density at radius 2 is 1.12 bits per heavy atom. The van der Waals surface area contributed by atoms with Gasteiger partial charge in [-0.1, -0.05) is 90.5 Å². The third-order valence-corrected chi connectivity index (χ3v) is 10.9. The summed E-state index contributed by atoms with van der Waals surface area (Å²) in [5.41, 5.74) is 25.3. The van der Waals surface area contributed by atoms with Crippen molar-refractivity contribution in [1.29, 1.82) is 0 Å². The molecule has 11 rings (SSSR count). The summed E-state index contributed by atoms with van der Waals surface area (Å²) >= 11 is 0. The van der Waals surface area contributed by atoms with Crippen molar-refractivity contribution in [2.75, 3.05) is 0 Å². The lowest BCUT2D eigenvalue weighted by molar-refractivity contribution is 0.766. The van der Waals surface area contributed by atoms with E-state index < -0.39 is 0 Å². The van der Waals surface area contributed by atoms with Gasteiger partial charge in [0, 0.05) is 17.9 Å². The molecule has 0 N–H and O–H groups in total. The van der Waals surface area contributed by atoms with Crippen molar-refractivity contribution in [3.05, 3.63) is 163 Å². The zero-order valence-electron chi connectivity index (χ0n) is 22.8. The van der Waals surface area contributed by atoms with Crippen molar-refractivity contribution < 1.29 is 0 Å². The maximum atomic E-state index is 5.69. The molecule has 3 atom stereocenters. The SMILES string of the molecule is Cc1cc2c3c(c1)CC1=C4C3C3=C(C2)c2ccccc2C3c2nc3c(nc2C4c2ccccc21)-c1ccccc1C3. The summed E-state index contributed by atoms with van der Waals surface area (Å²) in [7, 11) is 0. The summed E-state index contributed by atoms with van der Waals surface area (Å²) in [5, 5.41) is 0. The summed E-state index contributed by atoms with van der Waals surface area (Å²) in [6, 6.07) is 32.1. The Hall–Kier alpha value is -4.56. The highest BCUT2D eigenvalue weighted by Crippen LogP contribution is 2.67. The molecular weight excluding hydrogens is 496 g/mol. The van der Waals surface area contributed by atoms with Gasteiger partial charge in [-0.05, 0) is 86.6 Å². The fourth-order valence-electron chi connectivity index (χ4n) is 9.53. The Balaban J connectivity index is 1.31. The standard InChI is InChI=1S/C39H26N2/c1-19-14-21-16-28-24-10-4-6-12-26(24)34-32(28)36-31(21)22(15-19)17-29-25-11-5-7-13-27(25)35(33(29)36)39-38(34)40-30-18-20-8-2-3-9-23(20)37(30)41-39/h2-15,34-36H,16-18H2,1H3. The van der Waals surface area contributed by atoms with Gasteiger partial charge in [0.25, 0.3) is 0 Å². The molecule has 3 unspecified atom stereocenters. The van der Waals surface area contributed by atoms with Crippen LogP contribution < -0.4 is 0 Å². The van der Waals surface area contributed by atoms with Gasteiger partial charge < -0.3 is 0 Å². The minimum atomic E-state index is 0.152. The number of aromatic nitrogens is 2. The van der Waals surface area contributed by atoms with Gasteiger partial charge in [0.2, 0.25) is 0 Å². The monoisotopic (exact) mass is 522 g/mol. The first-order valence-corrected chi connectivity index (χ1v) is 15.0. The van der Waals surface area contributed by atoms with E-state index in [0.29, 0.717) is 5.92 Å². The molecule has 1 heterocycles. The van der Waals surface area contributed by atoms with Crippen LogP contribution in [0.3, 0.4) is 0 Å². The molecule has 2 nitrogen and oxygen atoms in total. The van der Waals surface area contributed by atoms with Gasteiger partial charge in [0.1, 0.15) is 0 Å². The molecule has 0 saturated heterocycles. The van der Waals surface area contributed by atoms with Crippen LogP contribution in [0.5, 0.6) is 0 Å². The van der Waals surface area contributed by atoms with Gasteiger partial charge in [-0.3, -0.25) is 4.98 Å². The number of hydrogen-bond acceptors (Lipinski definition) is 2. The van der Waals surface area contributed by atoms with Crippen LogP contribution in [0.25, 0.3) is 22.4 Å². The molecule has 41 heavy (non-hydrogen) atoms. The van der Waals surface area contributed by atoms with Crippen molar-refractivity contribution in [3.63, 3.8) is 0 Å². The first kappa shape index (κ1) is 21.2. The lowest BCUT2D eigenvalue weighted by atomic mass is 9.65. The van der Waals surface area contributed by atoms with Gasteiger partial charge in [0.05, 0.1) is 34.6 Å². The first-order chi connectivity index (χ1) is 20.2. The van der Waals surface area contributed by atoms with Crippen LogP contribution >= 0.6 is 0 Å². The van der Waals surface area contributed by atoms with E-state index in [2.05, 4.69) is 91.9 Å². The van der Waals surface area contributed by atoms with Crippen molar-refractivity contribution in [1.82, 2.24) is 9.97 Å². The normalized spacial score (nSPS) is 22.5. The maximum Gasteiger partial charge on any atom is 0.0927 e. The van der Waals surface area contributed by atoms with E-state index in [0.717, 1.165) is 30.7 Å². The van der Waals surface area contributed by atoms with E-state index in [1.54, 1.807) is 27.9 Å². The predicted octanol–water partition coefficient (Wildman–Crippen LogP) is 8.06. The Morgan fingerprint density at radius 3 is 1.78 bits per heavy atom. The highest BCUT2D eigenvalue weighted by Gasteiger charge is 2.53. The van der Waals surface area contributed by atoms with Gasteiger partial charge in [0.15, 0.2) is 0 Å². The molecule has 0 radical (unpaired) electrons. The second-order valence-corrected chi connectivity index (χ2v) is 12.8. The van der Waals surface area contributed by atoms with E-state index in [-0.39, 0.29) is 11.8 Å². The zero-order valence-corrected chi connectivity index (χ0v) is 22.8. The topological polar surface area (TPSA) is 25.8 Å². The molecule has 2 heteroatoms. The lowest BCUT2D eigenvalue weighted by Crippen LogP contribution is -2.23. The number of nitrogens with zero attached hydrogens (tertiary/aromatic N) is 2. The van der Waals surface area contributed by atoms with Gasteiger partial charge in [-0.2, -0.15) is 0 Å². The molecule has 0 saturated carbocycles. The van der Waals surface area contributed by atoms with Gasteiger partial charge in [-0.25, -0.2) is 4.98 Å². The van der Waals surface area contributed by atoms with Crippen molar-refractivity contribution in [2.24, 2.45) is 0 Å². The number of rotatable bonds is 0. The molecule has 4 aromatic carbocycles. The van der Waals surface area contributed by atoms with Crippen LogP contribution in [0, 0.1) is 6.92 Å². The summed E-state index contributed by atoms with van der Waals surface area (Å²) in [4.78, 5) is 11.4. The average Bonchev–Trinajstić information content (AvgIpc) is 3.60. The van der Waals surface area contributed by atoms with Crippen molar-refractivity contribution in [2.45, 2.75) is 43.9 Å². The summed E-state index contributed by atoms with van der Waals surface area (Å²) < 4.78 is 0. The highest BCUT2D eigenvalue weighted by molar-refractivity contribution is 5.93. The first-order valence-electron chi connectivity index (χ1n) is 15.0. The molecule has 192 valence electrons. The summed E-state index contributed by atoms with van der Waals surface area (Å²) in [6.07, 6.45) is 2.90. The summed E-state index contributed by atoms with van der Waals surface area (Å²) in [5.74, 6) is 0.606. The zero-order chi connectivity index (χ0) is 26.6. The van der Waals surface area contributed by atoms with Crippen LogP contribution in [-0.4, -0.2) is 9.97 Å². The number of benzene rings is 4. The van der Waals surface area contributed by atoms with Crippen LogP contribution in [-0.2, 0) is 19.3 Å². The molecule has 0 aliphatic heterocycles. The van der Waals surface area contributed by atoms with Crippen LogP contribution in [0.15, 0.2) is 96.1 Å². The number of aryl methyl sites for hydroxylation is 1. The fourth-order valence-corrected chi connectivity index (χ4v) is 9.53. The minimum absolute atomic E-state index is 0.152. The molecule has 5 aromatic rings. The second kappa shape index (κ2) is 7.01.